The number of aromatic nitrogens is 4. The smallest absolute Gasteiger partial charge is 0.253 e. The van der Waals surface area contributed by atoms with E-state index in [0.29, 0.717) is 11.6 Å². The fourth-order valence-electron chi connectivity index (χ4n) is 3.51. The summed E-state index contributed by atoms with van der Waals surface area (Å²) in [5, 5.41) is 18.9. The molecule has 0 saturated heterocycles. The molecule has 2 heterocycles. The number of nitrogens with zero attached hydrogens (tertiary/aromatic N) is 6. The van der Waals surface area contributed by atoms with Crippen LogP contribution in [0.1, 0.15) is 44.4 Å². The van der Waals surface area contributed by atoms with E-state index in [4.69, 9.17) is 9.84 Å². The van der Waals surface area contributed by atoms with E-state index >= 15 is 0 Å². The molecule has 166 valence electrons. The summed E-state index contributed by atoms with van der Waals surface area (Å²) in [6.07, 6.45) is 0.645. The van der Waals surface area contributed by atoms with Gasteiger partial charge in [-0.3, -0.25) is 4.79 Å². The molecular formula is C23H26N6O2S. The Kier molecular flexibility index (Phi) is 6.27. The van der Waals surface area contributed by atoms with Crippen LogP contribution in [0.15, 0.2) is 64.9 Å². The van der Waals surface area contributed by atoms with Crippen LogP contribution >= 0.6 is 11.8 Å². The Morgan fingerprint density at radius 1 is 1.12 bits per heavy atom. The number of carbonyl (C=O) groups excluding carboxylic acids is 1. The van der Waals surface area contributed by atoms with E-state index in [2.05, 4.69) is 15.5 Å². The molecule has 2 aromatic carbocycles. The first-order valence-electron chi connectivity index (χ1n) is 10.4. The van der Waals surface area contributed by atoms with Crippen LogP contribution in [0.25, 0.3) is 0 Å². The Hall–Kier alpha value is -3.20. The van der Waals surface area contributed by atoms with Crippen LogP contribution < -0.4 is 4.74 Å². The van der Waals surface area contributed by atoms with Crippen LogP contribution in [0.3, 0.4) is 0 Å². The third-order valence-electron chi connectivity index (χ3n) is 5.17. The molecule has 0 N–H and O–H groups in total. The summed E-state index contributed by atoms with van der Waals surface area (Å²) in [4.78, 5) is 13.3. The van der Waals surface area contributed by atoms with Crippen LogP contribution in [-0.4, -0.2) is 49.7 Å². The molecule has 0 unspecified atom stereocenters. The van der Waals surface area contributed by atoms with Crippen molar-refractivity contribution in [1.82, 2.24) is 25.2 Å². The lowest BCUT2D eigenvalue weighted by atomic mass is 9.98. The number of hydrogen-bond donors (Lipinski definition) is 0. The normalized spacial score (nSPS) is 16.2. The lowest BCUT2D eigenvalue weighted by Gasteiger charge is -2.23. The maximum absolute atomic E-state index is 13.3. The summed E-state index contributed by atoms with van der Waals surface area (Å²) >= 11 is 1.32. The zero-order valence-corrected chi connectivity index (χ0v) is 19.4. The van der Waals surface area contributed by atoms with Crippen LogP contribution in [0.5, 0.6) is 5.75 Å². The number of hydrogen-bond acceptors (Lipinski definition) is 7. The van der Waals surface area contributed by atoms with Gasteiger partial charge in [0.25, 0.3) is 5.91 Å². The Balaban J connectivity index is 1.57. The van der Waals surface area contributed by atoms with Crippen LogP contribution in [0, 0.1) is 0 Å². The van der Waals surface area contributed by atoms with Crippen molar-refractivity contribution >= 4 is 23.4 Å². The molecule has 0 spiro atoms. The van der Waals surface area contributed by atoms with Gasteiger partial charge in [-0.2, -0.15) is 5.10 Å². The van der Waals surface area contributed by atoms with Crippen molar-refractivity contribution in [3.63, 3.8) is 0 Å². The second kappa shape index (κ2) is 9.12. The number of methoxy groups -OCH3 is 1. The highest BCUT2D eigenvalue weighted by molar-refractivity contribution is 7.99. The van der Waals surface area contributed by atoms with Crippen molar-refractivity contribution in [2.24, 2.45) is 5.10 Å². The van der Waals surface area contributed by atoms with Crippen molar-refractivity contribution in [1.29, 1.82) is 0 Å². The highest BCUT2D eigenvalue weighted by Crippen LogP contribution is 2.34. The number of tetrazole rings is 1. The van der Waals surface area contributed by atoms with Gasteiger partial charge in [-0.1, -0.05) is 54.2 Å². The Morgan fingerprint density at radius 3 is 2.50 bits per heavy atom. The molecule has 1 amide bonds. The Bertz CT molecular complexity index is 1110. The average molecular weight is 451 g/mol. The van der Waals surface area contributed by atoms with Crippen molar-refractivity contribution in [3.8, 4) is 5.75 Å². The van der Waals surface area contributed by atoms with Crippen molar-refractivity contribution in [2.45, 2.75) is 43.9 Å². The summed E-state index contributed by atoms with van der Waals surface area (Å²) in [6, 6.07) is 17.6. The zero-order valence-electron chi connectivity index (χ0n) is 18.6. The minimum Gasteiger partial charge on any atom is -0.497 e. The second-order valence-corrected chi connectivity index (χ2v) is 9.42. The molecule has 1 aliphatic heterocycles. The van der Waals surface area contributed by atoms with E-state index in [1.54, 1.807) is 16.8 Å². The molecule has 0 bridgehead atoms. The number of thioether (sulfide) groups is 1. The maximum atomic E-state index is 13.3. The summed E-state index contributed by atoms with van der Waals surface area (Å²) in [6.45, 7) is 6.06. The third-order valence-corrected chi connectivity index (χ3v) is 6.08. The van der Waals surface area contributed by atoms with E-state index in [1.165, 1.54) is 11.8 Å². The number of rotatable bonds is 6. The molecule has 3 aromatic rings. The van der Waals surface area contributed by atoms with Crippen molar-refractivity contribution < 1.29 is 9.53 Å². The van der Waals surface area contributed by atoms with Crippen LogP contribution in [-0.2, 0) is 10.3 Å². The molecule has 0 aliphatic carbocycles. The first kappa shape index (κ1) is 22.0. The van der Waals surface area contributed by atoms with Crippen LogP contribution in [0.4, 0.5) is 0 Å². The van der Waals surface area contributed by atoms with Gasteiger partial charge in [-0.05, 0) is 54.5 Å². The van der Waals surface area contributed by atoms with Crippen LogP contribution in [0.2, 0.25) is 0 Å². The van der Waals surface area contributed by atoms with Gasteiger partial charge in [0.1, 0.15) is 5.75 Å². The molecule has 1 aromatic heterocycles. The molecule has 0 radical (unpaired) electrons. The van der Waals surface area contributed by atoms with Crippen molar-refractivity contribution in [2.75, 3.05) is 12.9 Å². The number of benzene rings is 2. The summed E-state index contributed by atoms with van der Waals surface area (Å²) < 4.78 is 7.01. The summed E-state index contributed by atoms with van der Waals surface area (Å²) in [5.74, 6) is 0.873. The van der Waals surface area contributed by atoms with E-state index < -0.39 is 0 Å². The number of amides is 1. The average Bonchev–Trinajstić information content (AvgIpc) is 3.46. The summed E-state index contributed by atoms with van der Waals surface area (Å²) in [7, 11) is 1.64. The van der Waals surface area contributed by atoms with Gasteiger partial charge in [0.2, 0.25) is 5.16 Å². The SMILES string of the molecule is COc1ccc([C@H]2CC(c3ccccc3)=NN2C(=O)CSc2nnnn2C(C)(C)C)cc1. The molecule has 8 nitrogen and oxygen atoms in total. The van der Waals surface area contributed by atoms with Gasteiger partial charge in [0.15, 0.2) is 0 Å². The van der Waals surface area contributed by atoms with Crippen molar-refractivity contribution in [3.05, 3.63) is 65.7 Å². The second-order valence-electron chi connectivity index (χ2n) is 8.48. The predicted octanol–water partition coefficient (Wildman–Crippen LogP) is 3.91. The van der Waals surface area contributed by atoms with Gasteiger partial charge in [-0.15, -0.1) is 5.10 Å². The highest BCUT2D eigenvalue weighted by Gasteiger charge is 2.33. The van der Waals surface area contributed by atoms with Gasteiger partial charge < -0.3 is 4.74 Å². The molecule has 4 rings (SSSR count). The Morgan fingerprint density at radius 2 is 1.84 bits per heavy atom. The molecule has 0 fully saturated rings. The molecule has 1 aliphatic rings. The van der Waals surface area contributed by atoms with E-state index in [9.17, 15) is 4.79 Å². The van der Waals surface area contributed by atoms with Gasteiger partial charge in [0.05, 0.1) is 30.2 Å². The minimum absolute atomic E-state index is 0.0924. The number of carbonyl (C=O) groups is 1. The number of ether oxygens (including phenoxy) is 1. The number of hydrazone groups is 1. The first-order chi connectivity index (χ1) is 15.4. The topological polar surface area (TPSA) is 85.5 Å². The molecule has 0 saturated carbocycles. The fourth-order valence-corrected chi connectivity index (χ4v) is 4.43. The molecule has 9 heteroatoms. The van der Waals surface area contributed by atoms with E-state index in [-0.39, 0.29) is 23.2 Å². The maximum Gasteiger partial charge on any atom is 0.253 e. The lowest BCUT2D eigenvalue weighted by molar-refractivity contribution is -0.130. The Labute approximate surface area is 191 Å². The lowest BCUT2D eigenvalue weighted by Crippen LogP contribution is -2.29. The van der Waals surface area contributed by atoms with E-state index in [0.717, 1.165) is 22.6 Å². The summed E-state index contributed by atoms with van der Waals surface area (Å²) in [5.41, 5.74) is 2.65. The largest absolute Gasteiger partial charge is 0.497 e. The first-order valence-corrected chi connectivity index (χ1v) is 11.4. The molecule has 1 atom stereocenters. The molecule has 32 heavy (non-hydrogen) atoms. The van der Waals surface area contributed by atoms with Gasteiger partial charge in [0, 0.05) is 6.42 Å². The highest BCUT2D eigenvalue weighted by atomic mass is 32.2. The minimum atomic E-state index is -0.271. The third kappa shape index (κ3) is 4.67. The zero-order chi connectivity index (χ0) is 22.7. The standard InChI is InChI=1S/C23H26N6O2S/c1-23(2,3)29-22(24-26-27-29)32-15-21(30)28-20(17-10-12-18(31-4)13-11-17)14-19(25-28)16-8-6-5-7-9-16/h5-13,20H,14-15H2,1-4H3/t20-/m1/s1. The van der Waals surface area contributed by atoms with E-state index in [1.807, 2.05) is 75.4 Å². The monoisotopic (exact) mass is 450 g/mol. The van der Waals surface area contributed by atoms with Gasteiger partial charge >= 0.3 is 0 Å². The van der Waals surface area contributed by atoms with Gasteiger partial charge in [-0.25, -0.2) is 9.69 Å². The fraction of sp³-hybridized carbons (Fsp3) is 0.348. The molecular weight excluding hydrogens is 424 g/mol. The predicted molar refractivity (Wildman–Crippen MR) is 124 cm³/mol. The quantitative estimate of drug-likeness (QED) is 0.530.